The Morgan fingerprint density at radius 3 is 1.80 bits per heavy atom. The minimum Gasteiger partial charge on any atom is -0.301 e. The van der Waals surface area contributed by atoms with Crippen LogP contribution in [-0.4, -0.2) is 48.1 Å². The molecule has 2 heteroatoms. The second-order valence-corrected chi connectivity index (χ2v) is 8.82. The lowest BCUT2D eigenvalue weighted by Gasteiger charge is -2.40. The minimum absolute atomic E-state index is 0.607. The van der Waals surface area contributed by atoms with Crippen LogP contribution in [0.25, 0.3) is 0 Å². The first-order valence-electron chi connectivity index (χ1n) is 8.77. The zero-order chi connectivity index (χ0) is 14.7. The lowest BCUT2D eigenvalue weighted by molar-refractivity contribution is 0.0853. The molecule has 1 aliphatic carbocycles. The van der Waals surface area contributed by atoms with Crippen molar-refractivity contribution in [3.63, 3.8) is 0 Å². The third-order valence-corrected chi connectivity index (χ3v) is 7.07. The molecule has 2 nitrogen and oxygen atoms in total. The summed E-state index contributed by atoms with van der Waals surface area (Å²) < 4.78 is 0. The van der Waals surface area contributed by atoms with Gasteiger partial charge in [-0.2, -0.15) is 0 Å². The highest BCUT2D eigenvalue weighted by Gasteiger charge is 2.75. The van der Waals surface area contributed by atoms with Crippen molar-refractivity contribution in [1.29, 1.82) is 0 Å². The van der Waals surface area contributed by atoms with E-state index in [1.54, 1.807) is 0 Å². The largest absolute Gasteiger partial charge is 0.301 e. The summed E-state index contributed by atoms with van der Waals surface area (Å²) in [6, 6.07) is 1.59. The number of nitrogens with zero attached hydrogens (tertiary/aromatic N) is 2. The van der Waals surface area contributed by atoms with Gasteiger partial charge in [0.25, 0.3) is 0 Å². The van der Waals surface area contributed by atoms with Crippen molar-refractivity contribution in [2.45, 2.75) is 66.5 Å². The maximum absolute atomic E-state index is 2.84. The number of likely N-dealkylation sites (tertiary alicyclic amines) is 2. The van der Waals surface area contributed by atoms with Gasteiger partial charge in [-0.05, 0) is 62.4 Å². The van der Waals surface area contributed by atoms with E-state index in [9.17, 15) is 0 Å². The Bertz CT molecular complexity index is 352. The fraction of sp³-hybridized carbons (Fsp3) is 1.00. The van der Waals surface area contributed by atoms with Crippen molar-refractivity contribution in [3.8, 4) is 0 Å². The second kappa shape index (κ2) is 4.71. The summed E-state index contributed by atoms with van der Waals surface area (Å²) in [5, 5.41) is 0. The van der Waals surface area contributed by atoms with Gasteiger partial charge in [0.1, 0.15) is 0 Å². The number of hydrogen-bond acceptors (Lipinski definition) is 2. The highest BCUT2D eigenvalue weighted by molar-refractivity contribution is 5.24. The van der Waals surface area contributed by atoms with Gasteiger partial charge in [0.05, 0.1) is 0 Å². The second-order valence-electron chi connectivity index (χ2n) is 8.82. The van der Waals surface area contributed by atoms with Crippen LogP contribution >= 0.6 is 0 Å². The Hall–Kier alpha value is -0.0800. The van der Waals surface area contributed by atoms with Crippen molar-refractivity contribution in [2.75, 3.05) is 26.2 Å². The molecule has 0 unspecified atom stereocenters. The lowest BCUT2D eigenvalue weighted by Crippen LogP contribution is -2.47. The summed E-state index contributed by atoms with van der Waals surface area (Å²) in [5.41, 5.74) is 1.21. The van der Waals surface area contributed by atoms with E-state index < -0.39 is 0 Å². The zero-order valence-corrected chi connectivity index (χ0v) is 14.4. The highest BCUT2D eigenvalue weighted by atomic mass is 15.3. The van der Waals surface area contributed by atoms with Crippen LogP contribution in [0.1, 0.15) is 54.4 Å². The molecule has 0 aromatic carbocycles. The van der Waals surface area contributed by atoms with Crippen LogP contribution in [-0.2, 0) is 0 Å². The summed E-state index contributed by atoms with van der Waals surface area (Å²) in [7, 11) is 0. The minimum atomic E-state index is 0.607. The van der Waals surface area contributed by atoms with Crippen LogP contribution in [0.4, 0.5) is 0 Å². The Kier molecular flexibility index (Phi) is 3.49. The molecular formula is C18H34N2. The predicted octanol–water partition coefficient (Wildman–Crippen LogP) is 3.47. The molecule has 0 bridgehead atoms. The molecule has 3 aliphatic rings. The van der Waals surface area contributed by atoms with Crippen LogP contribution in [0, 0.1) is 22.7 Å². The van der Waals surface area contributed by atoms with E-state index in [1.165, 1.54) is 39.0 Å². The summed E-state index contributed by atoms with van der Waals surface area (Å²) >= 11 is 0. The van der Waals surface area contributed by atoms with Crippen molar-refractivity contribution in [2.24, 2.45) is 22.7 Å². The molecular weight excluding hydrogens is 244 g/mol. The first kappa shape index (κ1) is 14.8. The maximum atomic E-state index is 2.84. The lowest BCUT2D eigenvalue weighted by atomic mass is 9.95. The van der Waals surface area contributed by atoms with Gasteiger partial charge < -0.3 is 4.90 Å². The normalized spacial score (nSPS) is 43.5. The Morgan fingerprint density at radius 2 is 1.40 bits per heavy atom. The summed E-state index contributed by atoms with van der Waals surface area (Å²) in [6.07, 6.45) is 2.77. The van der Waals surface area contributed by atoms with Crippen molar-refractivity contribution in [3.05, 3.63) is 0 Å². The van der Waals surface area contributed by atoms with E-state index in [1.807, 2.05) is 0 Å². The highest BCUT2D eigenvalue weighted by Crippen LogP contribution is 2.75. The SMILES string of the molecule is CC(C)[C@H]1[C@]2(C)CN(C3CCN(C(C)C)CC3)C[C@]12C. The van der Waals surface area contributed by atoms with E-state index in [0.29, 0.717) is 10.8 Å². The van der Waals surface area contributed by atoms with Crippen molar-refractivity contribution in [1.82, 2.24) is 9.80 Å². The van der Waals surface area contributed by atoms with E-state index in [4.69, 9.17) is 0 Å². The van der Waals surface area contributed by atoms with Crippen molar-refractivity contribution >= 4 is 0 Å². The van der Waals surface area contributed by atoms with Crippen LogP contribution < -0.4 is 0 Å². The topological polar surface area (TPSA) is 6.48 Å². The molecule has 2 aliphatic heterocycles. The summed E-state index contributed by atoms with van der Waals surface area (Å²) in [5.74, 6) is 1.82. The quantitative estimate of drug-likeness (QED) is 0.780. The first-order valence-corrected chi connectivity index (χ1v) is 8.77. The Labute approximate surface area is 125 Å². The smallest absolute Gasteiger partial charge is 0.0120 e. The van der Waals surface area contributed by atoms with Gasteiger partial charge in [-0.15, -0.1) is 0 Å². The van der Waals surface area contributed by atoms with E-state index >= 15 is 0 Å². The van der Waals surface area contributed by atoms with Gasteiger partial charge in [0.2, 0.25) is 0 Å². The number of hydrogen-bond donors (Lipinski definition) is 0. The maximum Gasteiger partial charge on any atom is 0.0120 e. The van der Waals surface area contributed by atoms with Crippen LogP contribution in [0.5, 0.6) is 0 Å². The fourth-order valence-electron chi connectivity index (χ4n) is 5.95. The molecule has 0 spiro atoms. The number of piperidine rings is 2. The molecule has 3 fully saturated rings. The third kappa shape index (κ3) is 1.98. The van der Waals surface area contributed by atoms with Gasteiger partial charge in [-0.3, -0.25) is 4.90 Å². The molecule has 0 N–H and O–H groups in total. The monoisotopic (exact) mass is 278 g/mol. The average molecular weight is 278 g/mol. The van der Waals surface area contributed by atoms with Crippen LogP contribution in [0.15, 0.2) is 0 Å². The fourth-order valence-corrected chi connectivity index (χ4v) is 5.95. The van der Waals surface area contributed by atoms with E-state index in [0.717, 1.165) is 23.9 Å². The van der Waals surface area contributed by atoms with Gasteiger partial charge in [0, 0.05) is 25.2 Å². The standard InChI is InChI=1S/C18H34N2/c1-13(2)16-17(5)11-20(12-18(16,17)6)15-7-9-19(10-8-15)14(3)4/h13-16H,7-12H2,1-6H3/t16-,17-,18+. The molecule has 3 rings (SSSR count). The molecule has 116 valence electrons. The molecule has 1 saturated carbocycles. The Balaban J connectivity index is 1.58. The van der Waals surface area contributed by atoms with Crippen molar-refractivity contribution < 1.29 is 0 Å². The van der Waals surface area contributed by atoms with Crippen LogP contribution in [0.3, 0.4) is 0 Å². The predicted molar refractivity (Wildman–Crippen MR) is 85.8 cm³/mol. The molecule has 3 atom stereocenters. The molecule has 2 heterocycles. The first-order chi connectivity index (χ1) is 9.29. The average Bonchev–Trinajstić information content (AvgIpc) is 2.70. The third-order valence-electron chi connectivity index (χ3n) is 7.07. The molecule has 0 amide bonds. The summed E-state index contributed by atoms with van der Waals surface area (Å²) in [4.78, 5) is 5.49. The number of fused-ring (bicyclic) bond motifs is 1. The molecule has 0 aromatic rings. The van der Waals surface area contributed by atoms with Gasteiger partial charge in [-0.1, -0.05) is 27.7 Å². The Morgan fingerprint density at radius 1 is 0.900 bits per heavy atom. The zero-order valence-electron chi connectivity index (χ0n) is 14.4. The van der Waals surface area contributed by atoms with Gasteiger partial charge in [-0.25, -0.2) is 0 Å². The molecule has 0 radical (unpaired) electrons. The number of rotatable bonds is 3. The molecule has 20 heavy (non-hydrogen) atoms. The van der Waals surface area contributed by atoms with Crippen LogP contribution in [0.2, 0.25) is 0 Å². The van der Waals surface area contributed by atoms with E-state index in [-0.39, 0.29) is 0 Å². The van der Waals surface area contributed by atoms with E-state index in [2.05, 4.69) is 51.3 Å². The van der Waals surface area contributed by atoms with Gasteiger partial charge in [0.15, 0.2) is 0 Å². The molecule has 0 aromatic heterocycles. The van der Waals surface area contributed by atoms with Gasteiger partial charge >= 0.3 is 0 Å². The summed E-state index contributed by atoms with van der Waals surface area (Å²) in [6.45, 7) is 20.0. The molecule has 2 saturated heterocycles.